The van der Waals surface area contributed by atoms with Crippen LogP contribution in [0.5, 0.6) is 0 Å². The lowest BCUT2D eigenvalue weighted by atomic mass is 10.2. The maximum atomic E-state index is 12.1. The summed E-state index contributed by atoms with van der Waals surface area (Å²) < 4.78 is 0.851. The maximum Gasteiger partial charge on any atom is 0.255 e. The molecule has 0 aromatic heterocycles. The van der Waals surface area contributed by atoms with E-state index in [1.807, 2.05) is 6.07 Å². The van der Waals surface area contributed by atoms with Crippen LogP contribution in [-0.4, -0.2) is 29.9 Å². The van der Waals surface area contributed by atoms with Crippen molar-refractivity contribution in [2.75, 3.05) is 13.1 Å². The Bertz CT molecular complexity index is 424. The van der Waals surface area contributed by atoms with E-state index in [1.165, 1.54) is 0 Å². The molecule has 1 saturated heterocycles. The van der Waals surface area contributed by atoms with Crippen molar-refractivity contribution in [2.45, 2.75) is 12.5 Å². The highest BCUT2D eigenvalue weighted by Crippen LogP contribution is 2.23. The lowest BCUT2D eigenvalue weighted by molar-refractivity contribution is 0.0791. The summed E-state index contributed by atoms with van der Waals surface area (Å²) in [6, 6.07) is 5.37. The summed E-state index contributed by atoms with van der Waals surface area (Å²) in [6.07, 6.45) is 0.858. The van der Waals surface area contributed by atoms with Gasteiger partial charge in [-0.25, -0.2) is 0 Å². The minimum atomic E-state index is -0.0424. The number of hydrogen-bond acceptors (Lipinski definition) is 2. The number of nitrogens with zero attached hydrogens (tertiary/aromatic N) is 1. The highest BCUT2D eigenvalue weighted by Gasteiger charge is 2.25. The van der Waals surface area contributed by atoms with Crippen LogP contribution >= 0.6 is 27.5 Å². The van der Waals surface area contributed by atoms with Crippen molar-refractivity contribution in [1.29, 1.82) is 0 Å². The summed E-state index contributed by atoms with van der Waals surface area (Å²) in [5.41, 5.74) is 6.31. The number of nitrogens with two attached hydrogens (primary N) is 1. The molecule has 1 atom stereocenters. The normalized spacial score (nSPS) is 20.2. The van der Waals surface area contributed by atoms with E-state index < -0.39 is 0 Å². The lowest BCUT2D eigenvalue weighted by Crippen LogP contribution is -2.32. The zero-order chi connectivity index (χ0) is 11.7. The minimum absolute atomic E-state index is 0.0424. The number of amides is 1. The second-order valence-corrected chi connectivity index (χ2v) is 5.25. The minimum Gasteiger partial charge on any atom is -0.337 e. The quantitative estimate of drug-likeness (QED) is 0.865. The van der Waals surface area contributed by atoms with Crippen LogP contribution in [0.2, 0.25) is 5.02 Å². The molecule has 0 spiro atoms. The molecule has 2 N–H and O–H groups in total. The van der Waals surface area contributed by atoms with Gasteiger partial charge in [-0.2, -0.15) is 0 Å². The Morgan fingerprint density at radius 3 is 2.94 bits per heavy atom. The molecule has 2 rings (SSSR count). The van der Waals surface area contributed by atoms with Crippen molar-refractivity contribution < 1.29 is 4.79 Å². The van der Waals surface area contributed by atoms with E-state index in [1.54, 1.807) is 17.0 Å². The van der Waals surface area contributed by atoms with Gasteiger partial charge in [0.25, 0.3) is 5.91 Å². The number of rotatable bonds is 1. The molecule has 0 bridgehead atoms. The second-order valence-electron chi connectivity index (χ2n) is 3.92. The topological polar surface area (TPSA) is 46.3 Å². The summed E-state index contributed by atoms with van der Waals surface area (Å²) in [6.45, 7) is 1.32. The van der Waals surface area contributed by atoms with E-state index >= 15 is 0 Å². The number of benzene rings is 1. The van der Waals surface area contributed by atoms with Crippen LogP contribution in [-0.2, 0) is 0 Å². The number of carbonyl (C=O) groups excluding carboxylic acids is 1. The van der Waals surface area contributed by atoms with E-state index in [4.69, 9.17) is 17.3 Å². The smallest absolute Gasteiger partial charge is 0.255 e. The van der Waals surface area contributed by atoms with Crippen LogP contribution in [0.25, 0.3) is 0 Å². The van der Waals surface area contributed by atoms with Crippen LogP contribution in [0.3, 0.4) is 0 Å². The first-order valence-corrected chi connectivity index (χ1v) is 6.25. The molecule has 0 saturated carbocycles. The fourth-order valence-electron chi connectivity index (χ4n) is 1.80. The van der Waals surface area contributed by atoms with Gasteiger partial charge in [0.2, 0.25) is 0 Å². The third kappa shape index (κ3) is 2.39. The number of likely N-dealkylation sites (tertiary alicyclic amines) is 1. The monoisotopic (exact) mass is 302 g/mol. The molecule has 1 heterocycles. The summed E-state index contributed by atoms with van der Waals surface area (Å²) >= 11 is 9.34. The van der Waals surface area contributed by atoms with Crippen LogP contribution < -0.4 is 5.73 Å². The second kappa shape index (κ2) is 4.73. The van der Waals surface area contributed by atoms with E-state index in [2.05, 4.69) is 15.9 Å². The predicted octanol–water partition coefficient (Wildman–Crippen LogP) is 2.28. The molecule has 1 unspecified atom stereocenters. The number of halogens is 2. The molecule has 0 aliphatic carbocycles. The van der Waals surface area contributed by atoms with Gasteiger partial charge >= 0.3 is 0 Å². The van der Waals surface area contributed by atoms with E-state index in [0.717, 1.165) is 10.9 Å². The van der Waals surface area contributed by atoms with Crippen molar-refractivity contribution in [3.63, 3.8) is 0 Å². The highest BCUT2D eigenvalue weighted by atomic mass is 79.9. The van der Waals surface area contributed by atoms with Gasteiger partial charge in [-0.1, -0.05) is 27.5 Å². The average Bonchev–Trinajstić information content (AvgIpc) is 2.67. The summed E-state index contributed by atoms with van der Waals surface area (Å²) in [5, 5.41) is 0.480. The molecular weight excluding hydrogens is 291 g/mol. The molecule has 1 aliphatic heterocycles. The standard InChI is InChI=1S/C11H12BrClN2O/c12-7-1-2-10(13)9(5-7)11(16)15-4-3-8(14)6-15/h1-2,5,8H,3-4,6,14H2. The van der Waals surface area contributed by atoms with Gasteiger partial charge in [-0.05, 0) is 24.6 Å². The Morgan fingerprint density at radius 1 is 1.56 bits per heavy atom. The molecule has 1 fully saturated rings. The first-order chi connectivity index (χ1) is 7.58. The van der Waals surface area contributed by atoms with Crippen molar-refractivity contribution in [1.82, 2.24) is 4.90 Å². The Labute approximate surface area is 108 Å². The predicted molar refractivity (Wildman–Crippen MR) is 67.6 cm³/mol. The van der Waals surface area contributed by atoms with E-state index in [-0.39, 0.29) is 11.9 Å². The summed E-state index contributed by atoms with van der Waals surface area (Å²) in [7, 11) is 0. The van der Waals surface area contributed by atoms with Gasteiger partial charge in [-0.15, -0.1) is 0 Å². The molecule has 3 nitrogen and oxygen atoms in total. The third-order valence-corrected chi connectivity index (χ3v) is 3.49. The van der Waals surface area contributed by atoms with Gasteiger partial charge in [0.05, 0.1) is 10.6 Å². The molecule has 1 aromatic rings. The largest absolute Gasteiger partial charge is 0.337 e. The van der Waals surface area contributed by atoms with E-state index in [0.29, 0.717) is 23.7 Å². The van der Waals surface area contributed by atoms with Crippen molar-refractivity contribution in [2.24, 2.45) is 5.73 Å². The molecule has 1 aromatic carbocycles. The van der Waals surface area contributed by atoms with Crippen LogP contribution in [0, 0.1) is 0 Å². The fourth-order valence-corrected chi connectivity index (χ4v) is 2.36. The maximum absolute atomic E-state index is 12.1. The number of hydrogen-bond donors (Lipinski definition) is 1. The van der Waals surface area contributed by atoms with Gasteiger partial charge < -0.3 is 10.6 Å². The first kappa shape index (κ1) is 11.9. The molecule has 1 aliphatic rings. The van der Waals surface area contributed by atoms with Crippen LogP contribution in [0.4, 0.5) is 0 Å². The zero-order valence-electron chi connectivity index (χ0n) is 8.62. The Balaban J connectivity index is 2.23. The molecular formula is C11H12BrClN2O. The molecule has 1 amide bonds. The molecule has 86 valence electrons. The first-order valence-electron chi connectivity index (χ1n) is 5.08. The third-order valence-electron chi connectivity index (χ3n) is 2.67. The Hall–Kier alpha value is -0.580. The summed E-state index contributed by atoms with van der Waals surface area (Å²) in [4.78, 5) is 13.9. The van der Waals surface area contributed by atoms with Gasteiger partial charge in [0.1, 0.15) is 0 Å². The van der Waals surface area contributed by atoms with Crippen molar-refractivity contribution in [3.8, 4) is 0 Å². The SMILES string of the molecule is NC1CCN(C(=O)c2cc(Br)ccc2Cl)C1. The van der Waals surface area contributed by atoms with Crippen molar-refractivity contribution in [3.05, 3.63) is 33.3 Å². The zero-order valence-corrected chi connectivity index (χ0v) is 11.0. The van der Waals surface area contributed by atoms with Gasteiger partial charge in [0, 0.05) is 23.6 Å². The van der Waals surface area contributed by atoms with Crippen LogP contribution in [0.1, 0.15) is 16.8 Å². The van der Waals surface area contributed by atoms with Crippen molar-refractivity contribution >= 4 is 33.4 Å². The van der Waals surface area contributed by atoms with Crippen LogP contribution in [0.15, 0.2) is 22.7 Å². The highest BCUT2D eigenvalue weighted by molar-refractivity contribution is 9.10. The summed E-state index contributed by atoms with van der Waals surface area (Å²) in [5.74, 6) is -0.0424. The van der Waals surface area contributed by atoms with Gasteiger partial charge in [-0.3, -0.25) is 4.79 Å². The molecule has 0 radical (unpaired) electrons. The Kier molecular flexibility index (Phi) is 3.52. The number of carbonyl (C=O) groups is 1. The molecule has 16 heavy (non-hydrogen) atoms. The average molecular weight is 304 g/mol. The fraction of sp³-hybridized carbons (Fsp3) is 0.364. The van der Waals surface area contributed by atoms with E-state index in [9.17, 15) is 4.79 Å². The molecule has 5 heteroatoms. The Morgan fingerprint density at radius 2 is 2.31 bits per heavy atom. The van der Waals surface area contributed by atoms with Gasteiger partial charge in [0.15, 0.2) is 0 Å². The lowest BCUT2D eigenvalue weighted by Gasteiger charge is -2.16.